The van der Waals surface area contributed by atoms with E-state index in [0.717, 1.165) is 11.1 Å². The Bertz CT molecular complexity index is 1200. The summed E-state index contributed by atoms with van der Waals surface area (Å²) in [6, 6.07) is 10.9. The summed E-state index contributed by atoms with van der Waals surface area (Å²) in [5.74, 6) is 1.84. The molecule has 8 nitrogen and oxygen atoms in total. The lowest BCUT2D eigenvalue weighted by molar-refractivity contribution is 0.144. The minimum atomic E-state index is 0.324. The number of fused-ring (bicyclic) bond motifs is 3. The van der Waals surface area contributed by atoms with Crippen LogP contribution in [0.2, 0.25) is 5.02 Å². The number of nitrogens with two attached hydrogens (primary N) is 1. The number of nitrogens with one attached hydrogen (secondary N) is 1. The normalized spacial score (nSPS) is 11.0. The van der Waals surface area contributed by atoms with Crippen molar-refractivity contribution in [2.75, 3.05) is 38.5 Å². The van der Waals surface area contributed by atoms with Crippen molar-refractivity contribution in [2.24, 2.45) is 0 Å². The van der Waals surface area contributed by atoms with Gasteiger partial charge in [-0.15, -0.1) is 0 Å². The topological polar surface area (TPSA) is 104 Å². The molecule has 0 bridgehead atoms. The van der Waals surface area contributed by atoms with E-state index in [0.29, 0.717) is 57.9 Å². The molecule has 0 aliphatic rings. The van der Waals surface area contributed by atoms with Crippen molar-refractivity contribution in [3.05, 3.63) is 47.6 Å². The van der Waals surface area contributed by atoms with Crippen molar-refractivity contribution < 1.29 is 14.2 Å². The number of anilines is 3. The summed E-state index contributed by atoms with van der Waals surface area (Å²) in [5.41, 5.74) is 8.34. The summed E-state index contributed by atoms with van der Waals surface area (Å²) in [4.78, 5) is 13.5. The fourth-order valence-electron chi connectivity index (χ4n) is 3.02. The van der Waals surface area contributed by atoms with Gasteiger partial charge in [-0.2, -0.15) is 4.98 Å². The van der Waals surface area contributed by atoms with Crippen molar-refractivity contribution in [3.63, 3.8) is 0 Å². The number of hydrogen-bond donors (Lipinski definition) is 2. The monoisotopic (exact) mass is 425 g/mol. The molecule has 2 aromatic carbocycles. The van der Waals surface area contributed by atoms with Crippen molar-refractivity contribution in [2.45, 2.75) is 0 Å². The molecule has 0 aliphatic carbocycles. The van der Waals surface area contributed by atoms with Gasteiger partial charge in [0.2, 0.25) is 5.95 Å². The highest BCUT2D eigenvalue weighted by molar-refractivity contribution is 6.30. The first kappa shape index (κ1) is 19.9. The van der Waals surface area contributed by atoms with Gasteiger partial charge in [0.1, 0.15) is 12.4 Å². The summed E-state index contributed by atoms with van der Waals surface area (Å²) >= 11 is 5.95. The lowest BCUT2D eigenvalue weighted by atomic mass is 10.1. The van der Waals surface area contributed by atoms with E-state index in [1.165, 1.54) is 0 Å². The van der Waals surface area contributed by atoms with Crippen LogP contribution in [-0.2, 0) is 4.74 Å². The third kappa shape index (κ3) is 4.00. The minimum absolute atomic E-state index is 0.324. The zero-order chi connectivity index (χ0) is 21.1. The molecule has 30 heavy (non-hydrogen) atoms. The number of benzene rings is 2. The number of methoxy groups -OCH3 is 2. The van der Waals surface area contributed by atoms with Crippen LogP contribution in [0.5, 0.6) is 11.5 Å². The van der Waals surface area contributed by atoms with Crippen LogP contribution in [0, 0.1) is 0 Å². The number of pyridine rings is 1. The van der Waals surface area contributed by atoms with Gasteiger partial charge in [0.25, 0.3) is 0 Å². The minimum Gasteiger partial charge on any atom is -0.493 e. The summed E-state index contributed by atoms with van der Waals surface area (Å²) < 4.78 is 16.3. The Hall–Kier alpha value is -3.36. The molecule has 154 valence electrons. The van der Waals surface area contributed by atoms with E-state index in [4.69, 9.17) is 31.5 Å². The van der Waals surface area contributed by atoms with E-state index in [2.05, 4.69) is 20.3 Å². The second-order valence-corrected chi connectivity index (χ2v) is 6.88. The molecule has 4 aromatic rings. The summed E-state index contributed by atoms with van der Waals surface area (Å²) in [6.07, 6.45) is 1.66. The third-order valence-corrected chi connectivity index (χ3v) is 4.74. The fraction of sp³-hybridized carbons (Fsp3) is 0.190. The van der Waals surface area contributed by atoms with Crippen LogP contribution in [0.1, 0.15) is 0 Å². The standard InChI is InChI=1S/C21H20ClN5O3/c1-28-7-8-30-18-10-16-14(9-17(18)29-2)19-15(11-24-16)20(23)27-21(26-19)25-13-5-3-12(22)4-6-13/h3-6,9-11H,7-8H2,1-2H3,(H3,23,25,26,27). The molecule has 9 heteroatoms. The van der Waals surface area contributed by atoms with E-state index in [1.807, 2.05) is 24.3 Å². The van der Waals surface area contributed by atoms with Crippen molar-refractivity contribution in [3.8, 4) is 11.5 Å². The van der Waals surface area contributed by atoms with Crippen LogP contribution in [0.3, 0.4) is 0 Å². The van der Waals surface area contributed by atoms with Gasteiger partial charge < -0.3 is 25.3 Å². The lowest BCUT2D eigenvalue weighted by Gasteiger charge is -2.13. The maximum absolute atomic E-state index is 6.19. The van der Waals surface area contributed by atoms with Crippen LogP contribution in [-0.4, -0.2) is 42.4 Å². The molecular weight excluding hydrogens is 406 g/mol. The van der Waals surface area contributed by atoms with Crippen molar-refractivity contribution in [1.29, 1.82) is 0 Å². The van der Waals surface area contributed by atoms with E-state index in [-0.39, 0.29) is 0 Å². The highest BCUT2D eigenvalue weighted by Crippen LogP contribution is 2.35. The second kappa shape index (κ2) is 8.56. The summed E-state index contributed by atoms with van der Waals surface area (Å²) in [7, 11) is 3.20. The van der Waals surface area contributed by atoms with Crippen LogP contribution < -0.4 is 20.5 Å². The van der Waals surface area contributed by atoms with Gasteiger partial charge in [-0.1, -0.05) is 11.6 Å². The van der Waals surface area contributed by atoms with E-state index in [1.54, 1.807) is 32.5 Å². The van der Waals surface area contributed by atoms with Crippen LogP contribution >= 0.6 is 11.6 Å². The Morgan fingerprint density at radius 3 is 2.53 bits per heavy atom. The van der Waals surface area contributed by atoms with Gasteiger partial charge in [0.15, 0.2) is 11.5 Å². The Balaban J connectivity index is 1.80. The number of rotatable bonds is 7. The molecule has 4 rings (SSSR count). The van der Waals surface area contributed by atoms with Gasteiger partial charge in [-0.3, -0.25) is 4.98 Å². The van der Waals surface area contributed by atoms with Crippen molar-refractivity contribution >= 4 is 50.9 Å². The summed E-state index contributed by atoms with van der Waals surface area (Å²) in [5, 5.41) is 5.22. The zero-order valence-electron chi connectivity index (χ0n) is 16.5. The predicted octanol–water partition coefficient (Wildman–Crippen LogP) is 4.19. The number of aromatic nitrogens is 3. The predicted molar refractivity (Wildman–Crippen MR) is 118 cm³/mol. The smallest absolute Gasteiger partial charge is 0.229 e. The SMILES string of the molecule is COCCOc1cc2ncc3c(N)nc(Nc4ccc(Cl)cc4)nc3c2cc1OC. The molecule has 0 saturated carbocycles. The Labute approximate surface area is 178 Å². The van der Waals surface area contributed by atoms with Gasteiger partial charge >= 0.3 is 0 Å². The number of halogens is 1. The zero-order valence-corrected chi connectivity index (χ0v) is 17.2. The molecule has 0 atom stereocenters. The Kier molecular flexibility index (Phi) is 5.69. The highest BCUT2D eigenvalue weighted by Gasteiger charge is 2.14. The van der Waals surface area contributed by atoms with Crippen LogP contribution in [0.15, 0.2) is 42.6 Å². The Morgan fingerprint density at radius 2 is 1.80 bits per heavy atom. The largest absolute Gasteiger partial charge is 0.493 e. The molecule has 3 N–H and O–H groups in total. The first-order valence-corrected chi connectivity index (χ1v) is 9.55. The number of ether oxygens (including phenoxy) is 3. The van der Waals surface area contributed by atoms with Gasteiger partial charge in [-0.05, 0) is 30.3 Å². The second-order valence-electron chi connectivity index (χ2n) is 6.45. The molecule has 0 amide bonds. The maximum Gasteiger partial charge on any atom is 0.229 e. The van der Waals surface area contributed by atoms with Gasteiger partial charge in [0, 0.05) is 35.5 Å². The van der Waals surface area contributed by atoms with E-state index < -0.39 is 0 Å². The van der Waals surface area contributed by atoms with Gasteiger partial charge in [-0.25, -0.2) is 4.98 Å². The molecule has 0 radical (unpaired) electrons. The molecule has 0 aliphatic heterocycles. The molecule has 0 saturated heterocycles. The third-order valence-electron chi connectivity index (χ3n) is 4.49. The molecule has 0 spiro atoms. The van der Waals surface area contributed by atoms with E-state index in [9.17, 15) is 0 Å². The summed E-state index contributed by atoms with van der Waals surface area (Å²) in [6.45, 7) is 0.867. The van der Waals surface area contributed by atoms with E-state index >= 15 is 0 Å². The molecule has 0 unspecified atom stereocenters. The number of hydrogen-bond acceptors (Lipinski definition) is 8. The average Bonchev–Trinajstić information content (AvgIpc) is 2.75. The van der Waals surface area contributed by atoms with Crippen molar-refractivity contribution in [1.82, 2.24) is 15.0 Å². The molecule has 2 aromatic heterocycles. The first-order chi connectivity index (χ1) is 14.6. The van der Waals surface area contributed by atoms with Crippen LogP contribution in [0.25, 0.3) is 21.8 Å². The first-order valence-electron chi connectivity index (χ1n) is 9.17. The highest BCUT2D eigenvalue weighted by atomic mass is 35.5. The van der Waals surface area contributed by atoms with Gasteiger partial charge in [0.05, 0.1) is 30.1 Å². The maximum atomic E-state index is 6.19. The lowest BCUT2D eigenvalue weighted by Crippen LogP contribution is -2.06. The number of nitrogen functional groups attached to an aromatic ring is 1. The fourth-order valence-corrected chi connectivity index (χ4v) is 3.15. The molecule has 0 fully saturated rings. The average molecular weight is 426 g/mol. The van der Waals surface area contributed by atoms with Crippen LogP contribution in [0.4, 0.5) is 17.5 Å². The molecular formula is C21H20ClN5O3. The quantitative estimate of drug-likeness (QED) is 0.335. The number of nitrogens with zero attached hydrogens (tertiary/aromatic N) is 3. The molecule has 2 heterocycles. The Morgan fingerprint density at radius 1 is 1.00 bits per heavy atom.